The molecule has 2 heteroatoms. The van der Waals surface area contributed by atoms with Crippen molar-refractivity contribution in [3.8, 4) is 0 Å². The van der Waals surface area contributed by atoms with Crippen LogP contribution in [0.25, 0.3) is 0 Å². The monoisotopic (exact) mass is 192 g/mol. The SMILES string of the molecule is CC(C)c1ccc(C(C)(O)C=O)cc1. The zero-order chi connectivity index (χ0) is 10.8. The molecule has 0 aliphatic carbocycles. The fraction of sp³-hybridized carbons (Fsp3) is 0.417. The van der Waals surface area contributed by atoms with Crippen LogP contribution < -0.4 is 0 Å². The first kappa shape index (κ1) is 10.9. The number of aldehydes is 1. The zero-order valence-electron chi connectivity index (χ0n) is 8.82. The summed E-state index contributed by atoms with van der Waals surface area (Å²) in [6.07, 6.45) is 0.553. The third kappa shape index (κ3) is 2.20. The normalized spacial score (nSPS) is 15.2. The van der Waals surface area contributed by atoms with Gasteiger partial charge in [-0.15, -0.1) is 0 Å². The molecule has 14 heavy (non-hydrogen) atoms. The van der Waals surface area contributed by atoms with Gasteiger partial charge in [-0.05, 0) is 24.0 Å². The Hall–Kier alpha value is -1.15. The molecule has 1 aromatic carbocycles. The topological polar surface area (TPSA) is 37.3 Å². The van der Waals surface area contributed by atoms with E-state index >= 15 is 0 Å². The minimum absolute atomic E-state index is 0.463. The Morgan fingerprint density at radius 2 is 1.79 bits per heavy atom. The van der Waals surface area contributed by atoms with E-state index in [1.807, 2.05) is 12.1 Å². The van der Waals surface area contributed by atoms with Crippen LogP contribution >= 0.6 is 0 Å². The molecule has 0 heterocycles. The number of benzene rings is 1. The maximum atomic E-state index is 10.6. The fourth-order valence-electron chi connectivity index (χ4n) is 1.27. The van der Waals surface area contributed by atoms with E-state index in [1.165, 1.54) is 12.5 Å². The standard InChI is InChI=1S/C12H16O2/c1-9(2)10-4-6-11(7-5-10)12(3,14)8-13/h4-9,14H,1-3H3. The predicted octanol–water partition coefficient (Wildman–Crippen LogP) is 2.22. The summed E-state index contributed by atoms with van der Waals surface area (Å²) in [5.74, 6) is 0.463. The molecule has 0 aliphatic rings. The van der Waals surface area contributed by atoms with Crippen molar-refractivity contribution in [3.63, 3.8) is 0 Å². The first-order valence-corrected chi connectivity index (χ1v) is 4.76. The second kappa shape index (κ2) is 3.93. The molecule has 0 bridgehead atoms. The highest BCUT2D eigenvalue weighted by molar-refractivity contribution is 5.64. The van der Waals surface area contributed by atoms with Crippen molar-refractivity contribution in [1.29, 1.82) is 0 Å². The molecule has 0 saturated carbocycles. The van der Waals surface area contributed by atoms with E-state index in [9.17, 15) is 9.90 Å². The number of carbonyl (C=O) groups is 1. The summed E-state index contributed by atoms with van der Waals surface area (Å²) in [7, 11) is 0. The number of hydrogen-bond acceptors (Lipinski definition) is 2. The van der Waals surface area contributed by atoms with E-state index in [4.69, 9.17) is 0 Å². The Balaban J connectivity index is 2.99. The van der Waals surface area contributed by atoms with Crippen molar-refractivity contribution in [2.75, 3.05) is 0 Å². The van der Waals surface area contributed by atoms with Gasteiger partial charge in [0.2, 0.25) is 0 Å². The van der Waals surface area contributed by atoms with Gasteiger partial charge < -0.3 is 5.11 Å². The molecular formula is C12H16O2. The number of aliphatic hydroxyl groups is 1. The lowest BCUT2D eigenvalue weighted by molar-refractivity contribution is -0.123. The molecule has 0 fully saturated rings. The van der Waals surface area contributed by atoms with Gasteiger partial charge in [0, 0.05) is 0 Å². The molecule has 1 N–H and O–H groups in total. The van der Waals surface area contributed by atoms with E-state index in [2.05, 4.69) is 13.8 Å². The Bertz CT molecular complexity index is 310. The van der Waals surface area contributed by atoms with E-state index in [1.54, 1.807) is 12.1 Å². The van der Waals surface area contributed by atoms with Crippen LogP contribution in [0.1, 0.15) is 37.8 Å². The van der Waals surface area contributed by atoms with Gasteiger partial charge >= 0.3 is 0 Å². The van der Waals surface area contributed by atoms with E-state index < -0.39 is 5.60 Å². The molecule has 0 radical (unpaired) electrons. The molecular weight excluding hydrogens is 176 g/mol. The smallest absolute Gasteiger partial charge is 0.155 e. The predicted molar refractivity (Wildman–Crippen MR) is 56.2 cm³/mol. The van der Waals surface area contributed by atoms with Crippen LogP contribution in [0.15, 0.2) is 24.3 Å². The third-order valence-electron chi connectivity index (χ3n) is 2.39. The first-order valence-electron chi connectivity index (χ1n) is 4.76. The lowest BCUT2D eigenvalue weighted by Gasteiger charge is -2.16. The molecule has 76 valence electrons. The van der Waals surface area contributed by atoms with Crippen molar-refractivity contribution in [2.45, 2.75) is 32.3 Å². The number of rotatable bonds is 3. The summed E-state index contributed by atoms with van der Waals surface area (Å²) in [4.78, 5) is 10.6. The van der Waals surface area contributed by atoms with Crippen molar-refractivity contribution >= 4 is 6.29 Å². The van der Waals surface area contributed by atoms with Crippen molar-refractivity contribution in [1.82, 2.24) is 0 Å². The average Bonchev–Trinajstić information content (AvgIpc) is 2.18. The highest BCUT2D eigenvalue weighted by Crippen LogP contribution is 2.21. The largest absolute Gasteiger partial charge is 0.378 e. The summed E-state index contributed by atoms with van der Waals surface area (Å²) in [6.45, 7) is 5.70. The zero-order valence-corrected chi connectivity index (χ0v) is 8.82. The van der Waals surface area contributed by atoms with Crippen molar-refractivity contribution in [3.05, 3.63) is 35.4 Å². The summed E-state index contributed by atoms with van der Waals surface area (Å²) < 4.78 is 0. The van der Waals surface area contributed by atoms with Gasteiger partial charge in [0.25, 0.3) is 0 Å². The Labute approximate surface area is 84.6 Å². The van der Waals surface area contributed by atoms with E-state index in [0.717, 1.165) is 0 Å². The lowest BCUT2D eigenvalue weighted by Crippen LogP contribution is -2.22. The van der Waals surface area contributed by atoms with Gasteiger partial charge in [-0.3, -0.25) is 4.79 Å². The van der Waals surface area contributed by atoms with Crippen LogP contribution in [-0.2, 0) is 10.4 Å². The van der Waals surface area contributed by atoms with Crippen LogP contribution in [0, 0.1) is 0 Å². The quantitative estimate of drug-likeness (QED) is 0.745. The average molecular weight is 192 g/mol. The number of hydrogen-bond donors (Lipinski definition) is 1. The fourth-order valence-corrected chi connectivity index (χ4v) is 1.27. The summed E-state index contributed by atoms with van der Waals surface area (Å²) >= 11 is 0. The third-order valence-corrected chi connectivity index (χ3v) is 2.39. The van der Waals surface area contributed by atoms with Gasteiger partial charge in [-0.2, -0.15) is 0 Å². The van der Waals surface area contributed by atoms with Crippen LogP contribution in [0.3, 0.4) is 0 Å². The summed E-state index contributed by atoms with van der Waals surface area (Å²) in [5.41, 5.74) is 0.475. The van der Waals surface area contributed by atoms with Crippen LogP contribution in [0.5, 0.6) is 0 Å². The van der Waals surface area contributed by atoms with Gasteiger partial charge in [-0.1, -0.05) is 38.1 Å². The minimum Gasteiger partial charge on any atom is -0.378 e. The Kier molecular flexibility index (Phi) is 3.06. The van der Waals surface area contributed by atoms with Crippen LogP contribution in [0.4, 0.5) is 0 Å². The van der Waals surface area contributed by atoms with E-state index in [-0.39, 0.29) is 0 Å². The highest BCUT2D eigenvalue weighted by Gasteiger charge is 2.21. The molecule has 0 aliphatic heterocycles. The van der Waals surface area contributed by atoms with Gasteiger partial charge in [0.15, 0.2) is 6.29 Å². The Morgan fingerprint density at radius 1 is 1.29 bits per heavy atom. The second-order valence-corrected chi connectivity index (χ2v) is 4.04. The van der Waals surface area contributed by atoms with Crippen molar-refractivity contribution in [2.24, 2.45) is 0 Å². The Morgan fingerprint density at radius 3 is 2.14 bits per heavy atom. The molecule has 1 aromatic rings. The van der Waals surface area contributed by atoms with Gasteiger partial charge in [0.1, 0.15) is 5.60 Å². The molecule has 1 atom stereocenters. The van der Waals surface area contributed by atoms with Crippen LogP contribution in [0.2, 0.25) is 0 Å². The van der Waals surface area contributed by atoms with Gasteiger partial charge in [-0.25, -0.2) is 0 Å². The molecule has 0 aromatic heterocycles. The maximum absolute atomic E-state index is 10.6. The molecule has 1 rings (SSSR count). The molecule has 2 nitrogen and oxygen atoms in total. The highest BCUT2D eigenvalue weighted by atomic mass is 16.3. The molecule has 0 spiro atoms. The maximum Gasteiger partial charge on any atom is 0.155 e. The minimum atomic E-state index is -1.37. The lowest BCUT2D eigenvalue weighted by atomic mass is 9.94. The molecule has 0 amide bonds. The van der Waals surface area contributed by atoms with E-state index in [0.29, 0.717) is 17.8 Å². The van der Waals surface area contributed by atoms with Crippen molar-refractivity contribution < 1.29 is 9.90 Å². The second-order valence-electron chi connectivity index (χ2n) is 4.04. The summed E-state index contributed by atoms with van der Waals surface area (Å²) in [5, 5.41) is 9.66. The number of carbonyl (C=O) groups excluding carboxylic acids is 1. The van der Waals surface area contributed by atoms with Gasteiger partial charge in [0.05, 0.1) is 0 Å². The molecule has 0 saturated heterocycles. The molecule has 1 unspecified atom stereocenters. The first-order chi connectivity index (χ1) is 6.47. The summed E-state index contributed by atoms with van der Waals surface area (Å²) in [6, 6.07) is 7.48. The van der Waals surface area contributed by atoms with Crippen LogP contribution in [-0.4, -0.2) is 11.4 Å².